The van der Waals surface area contributed by atoms with Gasteiger partial charge in [-0.15, -0.1) is 0 Å². The van der Waals surface area contributed by atoms with Crippen molar-refractivity contribution in [1.82, 2.24) is 14.9 Å². The number of nitrogens with zero attached hydrogens (tertiary/aromatic N) is 3. The van der Waals surface area contributed by atoms with Gasteiger partial charge in [-0.3, -0.25) is 9.69 Å². The second-order valence-electron chi connectivity index (χ2n) is 7.24. The second kappa shape index (κ2) is 8.35. The number of anilines is 1. The number of furan rings is 1. The molecule has 0 saturated carbocycles. The number of benzene rings is 1. The zero-order chi connectivity index (χ0) is 19.3. The van der Waals surface area contributed by atoms with Crippen LogP contribution in [0.25, 0.3) is 11.3 Å². The molecule has 1 aliphatic heterocycles. The maximum absolute atomic E-state index is 12.7. The average molecular weight is 376 g/mol. The molecule has 3 aromatic rings. The van der Waals surface area contributed by atoms with E-state index in [9.17, 15) is 4.79 Å². The fourth-order valence-electron chi connectivity index (χ4n) is 3.55. The van der Waals surface area contributed by atoms with Crippen molar-refractivity contribution in [3.8, 4) is 11.3 Å². The van der Waals surface area contributed by atoms with Crippen LogP contribution in [0.4, 0.5) is 5.69 Å². The van der Waals surface area contributed by atoms with E-state index in [2.05, 4.69) is 20.2 Å². The number of piperidine rings is 1. The molecule has 6 nitrogen and oxygen atoms in total. The first-order valence-electron chi connectivity index (χ1n) is 9.62. The lowest BCUT2D eigenvalue weighted by Gasteiger charge is -2.31. The van der Waals surface area contributed by atoms with E-state index in [4.69, 9.17) is 4.42 Å². The predicted octanol–water partition coefficient (Wildman–Crippen LogP) is 3.90. The Labute approximate surface area is 164 Å². The molecule has 4 rings (SSSR count). The Bertz CT molecular complexity index is 914. The Morgan fingerprint density at radius 3 is 2.68 bits per heavy atom. The largest absolute Gasteiger partial charge is 0.464 e. The summed E-state index contributed by atoms with van der Waals surface area (Å²) in [7, 11) is 0. The van der Waals surface area contributed by atoms with Gasteiger partial charge in [0.25, 0.3) is 0 Å². The Hall–Kier alpha value is -2.99. The summed E-state index contributed by atoms with van der Waals surface area (Å²) in [5, 5.41) is 3.07. The quantitative estimate of drug-likeness (QED) is 0.731. The average Bonchev–Trinajstić information content (AvgIpc) is 3.25. The number of carbonyl (C=O) groups is 1. The summed E-state index contributed by atoms with van der Waals surface area (Å²) in [5.41, 5.74) is 2.87. The first-order valence-corrected chi connectivity index (χ1v) is 9.62. The lowest BCUT2D eigenvalue weighted by Crippen LogP contribution is -2.37. The van der Waals surface area contributed by atoms with Crippen LogP contribution in [-0.4, -0.2) is 33.9 Å². The monoisotopic (exact) mass is 376 g/mol. The fraction of sp³-hybridized carbons (Fsp3) is 0.318. The second-order valence-corrected chi connectivity index (χ2v) is 7.24. The van der Waals surface area contributed by atoms with Gasteiger partial charge in [0.1, 0.15) is 11.6 Å². The van der Waals surface area contributed by atoms with E-state index in [1.54, 1.807) is 6.26 Å². The van der Waals surface area contributed by atoms with Gasteiger partial charge in [-0.2, -0.15) is 0 Å². The molecule has 1 aromatic carbocycles. The first kappa shape index (κ1) is 18.4. The minimum Gasteiger partial charge on any atom is -0.464 e. The van der Waals surface area contributed by atoms with E-state index >= 15 is 0 Å². The number of carbonyl (C=O) groups excluding carboxylic acids is 1. The molecule has 1 fully saturated rings. The standard InChI is InChI=1S/C22H24N4O2/c1-16-23-13-17(14-24-16)15-26-9-7-18(8-10-26)22(27)25-20-5-2-4-19(12-20)21-6-3-11-28-21/h2-6,11-14,18H,7-10,15H2,1H3,(H,25,27). The normalized spacial score (nSPS) is 15.5. The summed E-state index contributed by atoms with van der Waals surface area (Å²) >= 11 is 0. The zero-order valence-electron chi connectivity index (χ0n) is 16.0. The molecule has 0 radical (unpaired) electrons. The number of hydrogen-bond donors (Lipinski definition) is 1. The molecule has 0 bridgehead atoms. The van der Waals surface area contributed by atoms with Crippen molar-refractivity contribution in [2.75, 3.05) is 18.4 Å². The Balaban J connectivity index is 1.31. The molecule has 1 saturated heterocycles. The number of hydrogen-bond acceptors (Lipinski definition) is 5. The van der Waals surface area contributed by atoms with Gasteiger partial charge < -0.3 is 9.73 Å². The Kier molecular flexibility index (Phi) is 5.48. The molecule has 0 spiro atoms. The maximum Gasteiger partial charge on any atom is 0.227 e. The van der Waals surface area contributed by atoms with E-state index < -0.39 is 0 Å². The Morgan fingerprint density at radius 2 is 1.96 bits per heavy atom. The third kappa shape index (κ3) is 4.46. The van der Waals surface area contributed by atoms with Crippen molar-refractivity contribution in [1.29, 1.82) is 0 Å². The number of amides is 1. The van der Waals surface area contributed by atoms with E-state index in [0.717, 1.165) is 60.9 Å². The molecule has 28 heavy (non-hydrogen) atoms. The molecule has 2 aromatic heterocycles. The SMILES string of the molecule is Cc1ncc(CN2CCC(C(=O)Nc3cccc(-c4ccco4)c3)CC2)cn1. The molecule has 1 amide bonds. The number of likely N-dealkylation sites (tertiary alicyclic amines) is 1. The van der Waals surface area contributed by atoms with Crippen molar-refractivity contribution in [3.63, 3.8) is 0 Å². The first-order chi connectivity index (χ1) is 13.7. The smallest absolute Gasteiger partial charge is 0.227 e. The minimum atomic E-state index is 0.0396. The summed E-state index contributed by atoms with van der Waals surface area (Å²) in [4.78, 5) is 23.6. The maximum atomic E-state index is 12.7. The van der Waals surface area contributed by atoms with Crippen LogP contribution >= 0.6 is 0 Å². The molecular weight excluding hydrogens is 352 g/mol. The summed E-state index contributed by atoms with van der Waals surface area (Å²) in [6.07, 6.45) is 7.13. The van der Waals surface area contributed by atoms with Crippen LogP contribution < -0.4 is 5.32 Å². The highest BCUT2D eigenvalue weighted by Gasteiger charge is 2.25. The third-order valence-electron chi connectivity index (χ3n) is 5.13. The molecule has 3 heterocycles. The lowest BCUT2D eigenvalue weighted by molar-refractivity contribution is -0.121. The fourth-order valence-corrected chi connectivity index (χ4v) is 3.55. The number of aryl methyl sites for hydroxylation is 1. The molecule has 144 valence electrons. The van der Waals surface area contributed by atoms with E-state index in [0.29, 0.717) is 0 Å². The minimum absolute atomic E-state index is 0.0396. The van der Waals surface area contributed by atoms with Crippen molar-refractivity contribution in [3.05, 3.63) is 66.4 Å². The van der Waals surface area contributed by atoms with Crippen LogP contribution in [0.5, 0.6) is 0 Å². The summed E-state index contributed by atoms with van der Waals surface area (Å²) < 4.78 is 5.44. The molecule has 0 unspecified atom stereocenters. The topological polar surface area (TPSA) is 71.3 Å². The molecule has 0 atom stereocenters. The Morgan fingerprint density at radius 1 is 1.18 bits per heavy atom. The van der Waals surface area contributed by atoms with Crippen molar-refractivity contribution < 1.29 is 9.21 Å². The summed E-state index contributed by atoms with van der Waals surface area (Å²) in [5.74, 6) is 1.72. The van der Waals surface area contributed by atoms with Gasteiger partial charge in [0.15, 0.2) is 0 Å². The van der Waals surface area contributed by atoms with E-state index in [1.165, 1.54) is 0 Å². The van der Waals surface area contributed by atoms with E-state index in [1.807, 2.05) is 55.7 Å². The van der Waals surface area contributed by atoms with Gasteiger partial charge in [-0.05, 0) is 57.1 Å². The van der Waals surface area contributed by atoms with Crippen LogP contribution in [0.15, 0.2) is 59.5 Å². The lowest BCUT2D eigenvalue weighted by atomic mass is 9.95. The number of rotatable bonds is 5. The van der Waals surface area contributed by atoms with Crippen molar-refractivity contribution >= 4 is 11.6 Å². The van der Waals surface area contributed by atoms with Crippen molar-refractivity contribution in [2.45, 2.75) is 26.3 Å². The van der Waals surface area contributed by atoms with Crippen molar-refractivity contribution in [2.24, 2.45) is 5.92 Å². The summed E-state index contributed by atoms with van der Waals surface area (Å²) in [6, 6.07) is 11.5. The molecule has 1 aliphatic rings. The van der Waals surface area contributed by atoms with Crippen LogP contribution in [0.1, 0.15) is 24.2 Å². The van der Waals surface area contributed by atoms with Crippen LogP contribution in [0.2, 0.25) is 0 Å². The van der Waals surface area contributed by atoms with Gasteiger partial charge in [0.05, 0.1) is 6.26 Å². The highest BCUT2D eigenvalue weighted by atomic mass is 16.3. The molecule has 6 heteroatoms. The number of nitrogens with one attached hydrogen (secondary N) is 1. The highest BCUT2D eigenvalue weighted by molar-refractivity contribution is 5.93. The van der Waals surface area contributed by atoms with Gasteiger partial charge in [-0.1, -0.05) is 12.1 Å². The van der Waals surface area contributed by atoms with Gasteiger partial charge in [-0.25, -0.2) is 9.97 Å². The van der Waals surface area contributed by atoms with E-state index in [-0.39, 0.29) is 11.8 Å². The van der Waals surface area contributed by atoms with Gasteiger partial charge in [0.2, 0.25) is 5.91 Å². The zero-order valence-corrected chi connectivity index (χ0v) is 16.0. The third-order valence-corrected chi connectivity index (χ3v) is 5.13. The summed E-state index contributed by atoms with van der Waals surface area (Å²) in [6.45, 7) is 4.52. The molecule has 0 aliphatic carbocycles. The molecule has 1 N–H and O–H groups in total. The number of aromatic nitrogens is 2. The van der Waals surface area contributed by atoms with Gasteiger partial charge >= 0.3 is 0 Å². The van der Waals surface area contributed by atoms with Crippen LogP contribution in [-0.2, 0) is 11.3 Å². The van der Waals surface area contributed by atoms with Gasteiger partial charge in [0, 0.05) is 41.7 Å². The van der Waals surface area contributed by atoms with Crippen LogP contribution in [0.3, 0.4) is 0 Å². The van der Waals surface area contributed by atoms with Crippen LogP contribution in [0, 0.1) is 12.8 Å². The molecular formula is C22H24N4O2. The highest BCUT2D eigenvalue weighted by Crippen LogP contribution is 2.25. The predicted molar refractivity (Wildman–Crippen MR) is 108 cm³/mol.